The molecule has 1 aromatic heterocycles. The third-order valence-corrected chi connectivity index (χ3v) is 4.52. The first-order valence-corrected chi connectivity index (χ1v) is 6.93. The van der Waals surface area contributed by atoms with Crippen molar-refractivity contribution >= 4 is 27.1 Å². The van der Waals surface area contributed by atoms with Gasteiger partial charge >= 0.3 is 0 Å². The number of aliphatic hydroxyl groups is 1. The number of benzene rings is 1. The number of β-amino-alcohol motifs (C(OH)–C–C–N with tert-alkyl or cyclic N) is 1. The molecule has 0 saturated carbocycles. The Hall–Kier alpha value is -1.57. The van der Waals surface area contributed by atoms with Crippen molar-refractivity contribution in [3.8, 4) is 6.07 Å². The average Bonchev–Trinajstić information content (AvgIpc) is 2.94. The first kappa shape index (κ1) is 11.5. The van der Waals surface area contributed by atoms with Crippen LogP contribution in [-0.4, -0.2) is 23.8 Å². The summed E-state index contributed by atoms with van der Waals surface area (Å²) in [5.74, 6) is 0. The zero-order valence-electron chi connectivity index (χ0n) is 10.1. The summed E-state index contributed by atoms with van der Waals surface area (Å²) in [7, 11) is 0. The van der Waals surface area contributed by atoms with Crippen LogP contribution < -0.4 is 4.90 Å². The van der Waals surface area contributed by atoms with E-state index >= 15 is 0 Å². The zero-order chi connectivity index (χ0) is 12.7. The molecule has 2 heterocycles. The van der Waals surface area contributed by atoms with E-state index in [1.807, 2.05) is 17.5 Å². The first-order valence-electron chi connectivity index (χ1n) is 6.05. The van der Waals surface area contributed by atoms with Crippen LogP contribution in [0.1, 0.15) is 18.9 Å². The molecular formula is C14H14N2OS. The quantitative estimate of drug-likeness (QED) is 0.855. The van der Waals surface area contributed by atoms with Gasteiger partial charge in [-0.1, -0.05) is 0 Å². The van der Waals surface area contributed by atoms with E-state index in [4.69, 9.17) is 5.26 Å². The molecule has 4 heteroatoms. The highest BCUT2D eigenvalue weighted by Gasteiger charge is 2.28. The largest absolute Gasteiger partial charge is 0.391 e. The van der Waals surface area contributed by atoms with Gasteiger partial charge < -0.3 is 10.0 Å². The molecule has 1 aliphatic rings. The maximum absolute atomic E-state index is 9.76. The Kier molecular flexibility index (Phi) is 2.73. The molecule has 3 nitrogen and oxygen atoms in total. The van der Waals surface area contributed by atoms with E-state index in [9.17, 15) is 5.11 Å². The van der Waals surface area contributed by atoms with Gasteiger partial charge in [-0.3, -0.25) is 0 Å². The second-order valence-electron chi connectivity index (χ2n) is 4.80. The molecule has 0 unspecified atom stereocenters. The molecule has 92 valence electrons. The molecule has 0 bridgehead atoms. The molecule has 1 saturated heterocycles. The molecule has 0 amide bonds. The van der Waals surface area contributed by atoms with E-state index in [0.29, 0.717) is 12.6 Å². The fourth-order valence-corrected chi connectivity index (χ4v) is 3.60. The van der Waals surface area contributed by atoms with Crippen molar-refractivity contribution in [3.63, 3.8) is 0 Å². The Labute approximate surface area is 110 Å². The maximum atomic E-state index is 9.76. The van der Waals surface area contributed by atoms with Crippen LogP contribution in [0.2, 0.25) is 0 Å². The van der Waals surface area contributed by atoms with E-state index in [1.165, 1.54) is 0 Å². The minimum absolute atomic E-state index is 0.246. The Balaban J connectivity index is 2.14. The summed E-state index contributed by atoms with van der Waals surface area (Å²) in [5, 5.41) is 22.0. The maximum Gasteiger partial charge on any atom is 0.101 e. The van der Waals surface area contributed by atoms with Crippen molar-refractivity contribution in [1.82, 2.24) is 0 Å². The fraction of sp³-hybridized carbons (Fsp3) is 0.357. The van der Waals surface area contributed by atoms with Crippen LogP contribution in [-0.2, 0) is 0 Å². The molecule has 0 aliphatic carbocycles. The molecule has 1 aliphatic heterocycles. The van der Waals surface area contributed by atoms with Gasteiger partial charge in [0.2, 0.25) is 0 Å². The normalized spacial score (nSPS) is 23.5. The van der Waals surface area contributed by atoms with Crippen LogP contribution in [0.4, 0.5) is 5.69 Å². The standard InChI is InChI=1S/C14H14N2OS/c1-9-6-11(17)8-16(9)13-3-2-10(7-15)14-12(13)4-5-18-14/h2-5,9,11,17H,6,8H2,1H3/t9-,11+/m0/s1. The van der Waals surface area contributed by atoms with Gasteiger partial charge in [-0.2, -0.15) is 5.26 Å². The third-order valence-electron chi connectivity index (χ3n) is 3.58. The first-order chi connectivity index (χ1) is 8.70. The SMILES string of the molecule is C[C@H]1C[C@@H](O)CN1c1ccc(C#N)c2sccc12. The molecule has 1 N–H and O–H groups in total. The van der Waals surface area contributed by atoms with Crippen molar-refractivity contribution in [2.45, 2.75) is 25.5 Å². The van der Waals surface area contributed by atoms with Gasteiger partial charge in [0.1, 0.15) is 6.07 Å². The van der Waals surface area contributed by atoms with Crippen LogP contribution in [0.15, 0.2) is 23.6 Å². The number of thiophene rings is 1. The smallest absolute Gasteiger partial charge is 0.101 e. The summed E-state index contributed by atoms with van der Waals surface area (Å²) in [6.45, 7) is 2.81. The number of fused-ring (bicyclic) bond motifs is 1. The Morgan fingerprint density at radius 2 is 2.28 bits per heavy atom. The second kappa shape index (κ2) is 4.27. The average molecular weight is 258 g/mol. The van der Waals surface area contributed by atoms with Crippen molar-refractivity contribution in [2.24, 2.45) is 0 Å². The lowest BCUT2D eigenvalue weighted by atomic mass is 10.1. The van der Waals surface area contributed by atoms with E-state index in [-0.39, 0.29) is 6.10 Å². The molecule has 0 radical (unpaired) electrons. The van der Waals surface area contributed by atoms with Crippen molar-refractivity contribution in [2.75, 3.05) is 11.4 Å². The van der Waals surface area contributed by atoms with E-state index in [0.717, 1.165) is 27.8 Å². The van der Waals surface area contributed by atoms with Crippen LogP contribution in [0.25, 0.3) is 10.1 Å². The topological polar surface area (TPSA) is 47.3 Å². The highest BCUT2D eigenvalue weighted by molar-refractivity contribution is 7.17. The van der Waals surface area contributed by atoms with E-state index in [2.05, 4.69) is 24.0 Å². The Morgan fingerprint density at radius 3 is 2.94 bits per heavy atom. The number of hydrogen-bond acceptors (Lipinski definition) is 4. The zero-order valence-corrected chi connectivity index (χ0v) is 10.9. The molecule has 2 aromatic rings. The highest BCUT2D eigenvalue weighted by atomic mass is 32.1. The van der Waals surface area contributed by atoms with E-state index in [1.54, 1.807) is 11.3 Å². The Bertz CT molecular complexity index is 628. The van der Waals surface area contributed by atoms with Crippen LogP contribution in [0.3, 0.4) is 0 Å². The number of rotatable bonds is 1. The van der Waals surface area contributed by atoms with Crippen molar-refractivity contribution in [3.05, 3.63) is 29.1 Å². The number of nitrogens with zero attached hydrogens (tertiary/aromatic N) is 2. The summed E-state index contributed by atoms with van der Waals surface area (Å²) in [6, 6.07) is 8.53. The number of nitriles is 1. The highest BCUT2D eigenvalue weighted by Crippen LogP contribution is 2.36. The van der Waals surface area contributed by atoms with Crippen molar-refractivity contribution in [1.29, 1.82) is 5.26 Å². The molecule has 18 heavy (non-hydrogen) atoms. The van der Waals surface area contributed by atoms with Crippen LogP contribution in [0.5, 0.6) is 0 Å². The number of hydrogen-bond donors (Lipinski definition) is 1. The van der Waals surface area contributed by atoms with Gasteiger partial charge in [0.05, 0.1) is 16.4 Å². The van der Waals surface area contributed by atoms with Crippen LogP contribution >= 0.6 is 11.3 Å². The predicted molar refractivity (Wildman–Crippen MR) is 74.0 cm³/mol. The van der Waals surface area contributed by atoms with Gasteiger partial charge in [-0.05, 0) is 36.9 Å². The lowest BCUT2D eigenvalue weighted by Crippen LogP contribution is -2.27. The van der Waals surface area contributed by atoms with Gasteiger partial charge in [0.15, 0.2) is 0 Å². The minimum atomic E-state index is -0.246. The minimum Gasteiger partial charge on any atom is -0.391 e. The summed E-state index contributed by atoms with van der Waals surface area (Å²) >= 11 is 1.60. The monoisotopic (exact) mass is 258 g/mol. The molecule has 1 aromatic carbocycles. The summed E-state index contributed by atoms with van der Waals surface area (Å²) in [6.07, 6.45) is 0.565. The van der Waals surface area contributed by atoms with Gasteiger partial charge in [-0.25, -0.2) is 0 Å². The van der Waals surface area contributed by atoms with Gasteiger partial charge in [-0.15, -0.1) is 11.3 Å². The molecule has 2 atom stereocenters. The summed E-state index contributed by atoms with van der Waals surface area (Å²) in [4.78, 5) is 2.24. The van der Waals surface area contributed by atoms with Crippen LogP contribution in [0, 0.1) is 11.3 Å². The van der Waals surface area contributed by atoms with Gasteiger partial charge in [0, 0.05) is 23.7 Å². The molecular weight excluding hydrogens is 244 g/mol. The lowest BCUT2D eigenvalue weighted by Gasteiger charge is -2.24. The van der Waals surface area contributed by atoms with Gasteiger partial charge in [0.25, 0.3) is 0 Å². The van der Waals surface area contributed by atoms with E-state index < -0.39 is 0 Å². The summed E-state index contributed by atoms with van der Waals surface area (Å²) in [5.41, 5.74) is 1.87. The molecule has 3 rings (SSSR count). The number of aliphatic hydroxyl groups excluding tert-OH is 1. The van der Waals surface area contributed by atoms with Crippen molar-refractivity contribution < 1.29 is 5.11 Å². The molecule has 0 spiro atoms. The predicted octanol–water partition coefficient (Wildman–Crippen LogP) is 2.73. The Morgan fingerprint density at radius 1 is 1.44 bits per heavy atom. The third kappa shape index (κ3) is 1.67. The number of anilines is 1. The lowest BCUT2D eigenvalue weighted by molar-refractivity contribution is 0.195. The summed E-state index contributed by atoms with van der Waals surface area (Å²) < 4.78 is 1.04. The second-order valence-corrected chi connectivity index (χ2v) is 5.71. The fourth-order valence-electron chi connectivity index (χ4n) is 2.72. The molecule has 1 fully saturated rings.